The standard InChI is InChI=1S/C15H29NO3/c1-4-18-15(19-5-2)12-16-10-8-6-7-9-14(16)11-13(3)17/h14-15H,4-12H2,1-3H3. The second kappa shape index (κ2) is 9.45. The van der Waals surface area contributed by atoms with Crippen molar-refractivity contribution < 1.29 is 14.3 Å². The molecular weight excluding hydrogens is 242 g/mol. The van der Waals surface area contributed by atoms with Crippen LogP contribution in [0, 0.1) is 0 Å². The predicted octanol–water partition coefficient (Wildman–Crippen LogP) is 2.61. The first-order chi connectivity index (χ1) is 9.17. The molecule has 1 unspecified atom stereocenters. The first-order valence-electron chi connectivity index (χ1n) is 7.64. The summed E-state index contributed by atoms with van der Waals surface area (Å²) in [6.45, 7) is 8.81. The van der Waals surface area contributed by atoms with Crippen LogP contribution in [0.2, 0.25) is 0 Å². The summed E-state index contributed by atoms with van der Waals surface area (Å²) < 4.78 is 11.3. The molecule has 0 aliphatic carbocycles. The van der Waals surface area contributed by atoms with Crippen molar-refractivity contribution in [2.45, 2.75) is 65.2 Å². The van der Waals surface area contributed by atoms with Crippen LogP contribution in [-0.2, 0) is 14.3 Å². The number of likely N-dealkylation sites (tertiary alicyclic amines) is 1. The average molecular weight is 271 g/mol. The van der Waals surface area contributed by atoms with E-state index in [2.05, 4.69) is 4.90 Å². The Morgan fingerprint density at radius 1 is 1.21 bits per heavy atom. The molecule has 0 radical (unpaired) electrons. The minimum absolute atomic E-state index is 0.164. The van der Waals surface area contributed by atoms with E-state index in [0.29, 0.717) is 25.7 Å². The molecule has 1 atom stereocenters. The van der Waals surface area contributed by atoms with Gasteiger partial charge in [0.1, 0.15) is 5.78 Å². The van der Waals surface area contributed by atoms with Crippen LogP contribution in [0.5, 0.6) is 0 Å². The van der Waals surface area contributed by atoms with E-state index >= 15 is 0 Å². The van der Waals surface area contributed by atoms with Crippen LogP contribution in [0.1, 0.15) is 52.9 Å². The summed E-state index contributed by atoms with van der Waals surface area (Å²) in [6, 6.07) is 0.364. The van der Waals surface area contributed by atoms with Crippen molar-refractivity contribution in [2.24, 2.45) is 0 Å². The minimum atomic E-state index is -0.164. The third kappa shape index (κ3) is 6.50. The number of carbonyl (C=O) groups excluding carboxylic acids is 1. The lowest BCUT2D eigenvalue weighted by Gasteiger charge is -2.32. The molecule has 0 N–H and O–H groups in total. The maximum absolute atomic E-state index is 11.4. The molecule has 0 saturated carbocycles. The Bertz CT molecular complexity index is 252. The molecule has 1 saturated heterocycles. The van der Waals surface area contributed by atoms with Crippen molar-refractivity contribution in [2.75, 3.05) is 26.3 Å². The number of rotatable bonds is 8. The molecule has 0 bridgehead atoms. The number of hydrogen-bond acceptors (Lipinski definition) is 4. The van der Waals surface area contributed by atoms with E-state index in [1.165, 1.54) is 19.3 Å². The quantitative estimate of drug-likeness (QED) is 0.636. The normalized spacial score (nSPS) is 21.6. The highest BCUT2D eigenvalue weighted by molar-refractivity contribution is 5.76. The van der Waals surface area contributed by atoms with Gasteiger partial charge in [-0.1, -0.05) is 12.8 Å². The fourth-order valence-electron chi connectivity index (χ4n) is 2.76. The highest BCUT2D eigenvalue weighted by Gasteiger charge is 2.25. The summed E-state index contributed by atoms with van der Waals surface area (Å²) >= 11 is 0. The van der Waals surface area contributed by atoms with Crippen molar-refractivity contribution in [3.63, 3.8) is 0 Å². The van der Waals surface area contributed by atoms with Gasteiger partial charge in [-0.2, -0.15) is 0 Å². The number of ether oxygens (including phenoxy) is 2. The monoisotopic (exact) mass is 271 g/mol. The molecule has 0 aromatic rings. The summed E-state index contributed by atoms with van der Waals surface area (Å²) in [5.41, 5.74) is 0. The highest BCUT2D eigenvalue weighted by Crippen LogP contribution is 2.20. The number of ketones is 1. The van der Waals surface area contributed by atoms with Crippen LogP contribution in [0.15, 0.2) is 0 Å². The number of hydrogen-bond donors (Lipinski definition) is 0. The topological polar surface area (TPSA) is 38.8 Å². The van der Waals surface area contributed by atoms with Gasteiger partial charge in [0.2, 0.25) is 0 Å². The molecule has 19 heavy (non-hydrogen) atoms. The van der Waals surface area contributed by atoms with E-state index in [0.717, 1.165) is 19.5 Å². The molecule has 1 heterocycles. The molecule has 1 fully saturated rings. The zero-order chi connectivity index (χ0) is 14.1. The van der Waals surface area contributed by atoms with Gasteiger partial charge in [0.15, 0.2) is 6.29 Å². The third-order valence-electron chi connectivity index (χ3n) is 3.61. The molecule has 112 valence electrons. The average Bonchev–Trinajstić information content (AvgIpc) is 2.55. The Balaban J connectivity index is 2.58. The van der Waals surface area contributed by atoms with Gasteiger partial charge < -0.3 is 9.47 Å². The lowest BCUT2D eigenvalue weighted by Crippen LogP contribution is -2.42. The van der Waals surface area contributed by atoms with E-state index in [1.54, 1.807) is 6.92 Å². The van der Waals surface area contributed by atoms with E-state index < -0.39 is 0 Å². The zero-order valence-corrected chi connectivity index (χ0v) is 12.7. The Morgan fingerprint density at radius 2 is 1.89 bits per heavy atom. The van der Waals surface area contributed by atoms with Crippen molar-refractivity contribution in [3.05, 3.63) is 0 Å². The van der Waals surface area contributed by atoms with Gasteiger partial charge >= 0.3 is 0 Å². The SMILES string of the molecule is CCOC(CN1CCCCCC1CC(C)=O)OCC. The molecule has 4 heteroatoms. The van der Waals surface area contributed by atoms with Gasteiger partial charge in [0.25, 0.3) is 0 Å². The predicted molar refractivity (Wildman–Crippen MR) is 76.2 cm³/mol. The largest absolute Gasteiger partial charge is 0.352 e. The Kier molecular flexibility index (Phi) is 8.26. The van der Waals surface area contributed by atoms with Crippen molar-refractivity contribution in [1.82, 2.24) is 4.90 Å². The van der Waals surface area contributed by atoms with Crippen LogP contribution >= 0.6 is 0 Å². The van der Waals surface area contributed by atoms with E-state index in [4.69, 9.17) is 9.47 Å². The number of carbonyl (C=O) groups is 1. The summed E-state index contributed by atoms with van der Waals surface area (Å²) in [5, 5.41) is 0. The Hall–Kier alpha value is -0.450. The van der Waals surface area contributed by atoms with Gasteiger partial charge in [0, 0.05) is 32.2 Å². The van der Waals surface area contributed by atoms with Gasteiger partial charge in [0.05, 0.1) is 0 Å². The summed E-state index contributed by atoms with van der Waals surface area (Å²) in [6.07, 6.45) is 5.30. The second-order valence-electron chi connectivity index (χ2n) is 5.24. The number of Topliss-reactive ketones (excluding diaryl/α,β-unsaturated/α-hetero) is 1. The molecule has 1 aliphatic rings. The summed E-state index contributed by atoms with van der Waals surface area (Å²) in [7, 11) is 0. The lowest BCUT2D eigenvalue weighted by atomic mass is 10.0. The molecule has 1 aliphatic heterocycles. The summed E-state index contributed by atoms with van der Waals surface area (Å²) in [5.74, 6) is 0.279. The smallest absolute Gasteiger partial charge is 0.170 e. The highest BCUT2D eigenvalue weighted by atomic mass is 16.7. The van der Waals surface area contributed by atoms with Crippen molar-refractivity contribution in [3.8, 4) is 0 Å². The van der Waals surface area contributed by atoms with Gasteiger partial charge in [-0.3, -0.25) is 9.69 Å². The fraction of sp³-hybridized carbons (Fsp3) is 0.933. The first-order valence-corrected chi connectivity index (χ1v) is 7.64. The maximum Gasteiger partial charge on any atom is 0.170 e. The van der Waals surface area contributed by atoms with E-state index in [-0.39, 0.29) is 12.1 Å². The Morgan fingerprint density at radius 3 is 2.47 bits per heavy atom. The van der Waals surface area contributed by atoms with Crippen molar-refractivity contribution in [1.29, 1.82) is 0 Å². The van der Waals surface area contributed by atoms with Crippen LogP contribution in [-0.4, -0.2) is 49.3 Å². The first kappa shape index (κ1) is 16.6. The number of nitrogens with zero attached hydrogens (tertiary/aromatic N) is 1. The van der Waals surface area contributed by atoms with Gasteiger partial charge in [-0.25, -0.2) is 0 Å². The second-order valence-corrected chi connectivity index (χ2v) is 5.24. The molecule has 4 nitrogen and oxygen atoms in total. The molecule has 0 spiro atoms. The Labute approximate surface area is 117 Å². The van der Waals surface area contributed by atoms with E-state index in [1.807, 2.05) is 13.8 Å². The third-order valence-corrected chi connectivity index (χ3v) is 3.61. The maximum atomic E-state index is 11.4. The molecule has 0 aromatic heterocycles. The van der Waals surface area contributed by atoms with Crippen molar-refractivity contribution >= 4 is 5.78 Å². The van der Waals surface area contributed by atoms with E-state index in [9.17, 15) is 4.79 Å². The molecular formula is C15H29NO3. The van der Waals surface area contributed by atoms with Crippen LogP contribution in [0.25, 0.3) is 0 Å². The lowest BCUT2D eigenvalue weighted by molar-refractivity contribution is -0.151. The molecule has 0 amide bonds. The van der Waals surface area contributed by atoms with Gasteiger partial charge in [-0.15, -0.1) is 0 Å². The minimum Gasteiger partial charge on any atom is -0.352 e. The van der Waals surface area contributed by atoms with Crippen LogP contribution in [0.3, 0.4) is 0 Å². The van der Waals surface area contributed by atoms with Crippen LogP contribution in [0.4, 0.5) is 0 Å². The molecule has 0 aromatic carbocycles. The fourth-order valence-corrected chi connectivity index (χ4v) is 2.76. The zero-order valence-electron chi connectivity index (χ0n) is 12.7. The summed E-state index contributed by atoms with van der Waals surface area (Å²) in [4.78, 5) is 13.8. The molecule has 1 rings (SSSR count). The van der Waals surface area contributed by atoms with Crippen LogP contribution < -0.4 is 0 Å². The van der Waals surface area contributed by atoms with Gasteiger partial charge in [-0.05, 0) is 40.2 Å².